The first-order valence-corrected chi connectivity index (χ1v) is 9.59. The van der Waals surface area contributed by atoms with Gasteiger partial charge in [-0.3, -0.25) is 0 Å². The van der Waals surface area contributed by atoms with Gasteiger partial charge >= 0.3 is 0 Å². The minimum Gasteiger partial charge on any atom is -0.489 e. The Labute approximate surface area is 164 Å². The maximum absolute atomic E-state index is 6.13. The van der Waals surface area contributed by atoms with Crippen molar-refractivity contribution in [3.8, 4) is 5.75 Å². The molecule has 1 N–H and O–H groups in total. The number of anilines is 1. The van der Waals surface area contributed by atoms with Crippen LogP contribution in [0.5, 0.6) is 5.75 Å². The van der Waals surface area contributed by atoms with E-state index >= 15 is 0 Å². The average molecular weight is 410 g/mol. The lowest BCUT2D eigenvalue weighted by Gasteiger charge is -2.15. The molecule has 3 heteroatoms. The summed E-state index contributed by atoms with van der Waals surface area (Å²) in [6.07, 6.45) is 0. The Hall–Kier alpha value is -2.26. The van der Waals surface area contributed by atoms with Gasteiger partial charge in [-0.15, -0.1) is 0 Å². The van der Waals surface area contributed by atoms with Crippen LogP contribution in [0, 0.1) is 20.8 Å². The monoisotopic (exact) mass is 409 g/mol. The Bertz CT molecular complexity index is 904. The number of nitrogens with one attached hydrogen (secondary N) is 1. The fourth-order valence-corrected chi connectivity index (χ4v) is 3.21. The Morgan fingerprint density at radius 1 is 0.808 bits per heavy atom. The Morgan fingerprint density at radius 2 is 1.62 bits per heavy atom. The molecule has 0 atom stereocenters. The van der Waals surface area contributed by atoms with Crippen molar-refractivity contribution in [1.29, 1.82) is 0 Å². The van der Waals surface area contributed by atoms with Gasteiger partial charge in [0.15, 0.2) is 0 Å². The smallest absolute Gasteiger partial charge is 0.124 e. The molecule has 0 heterocycles. The standard InChI is InChI=1S/C23H24BrNO/c1-16-8-10-22(12-18(16)3)25-14-20-13-21(24)9-11-23(20)26-15-19-7-5-4-6-17(19)2/h4-13,25H,14-15H2,1-3H3. The van der Waals surface area contributed by atoms with Crippen LogP contribution >= 0.6 is 15.9 Å². The highest BCUT2D eigenvalue weighted by Gasteiger charge is 2.07. The number of hydrogen-bond donors (Lipinski definition) is 1. The molecule has 0 aliphatic rings. The van der Waals surface area contributed by atoms with Crippen molar-refractivity contribution in [1.82, 2.24) is 0 Å². The lowest BCUT2D eigenvalue weighted by molar-refractivity contribution is 0.302. The van der Waals surface area contributed by atoms with Crippen LogP contribution in [0.3, 0.4) is 0 Å². The maximum Gasteiger partial charge on any atom is 0.124 e. The van der Waals surface area contributed by atoms with E-state index in [0.717, 1.165) is 21.5 Å². The van der Waals surface area contributed by atoms with E-state index in [0.29, 0.717) is 13.2 Å². The molecular formula is C23H24BrNO. The van der Waals surface area contributed by atoms with Gasteiger partial charge in [-0.25, -0.2) is 0 Å². The molecule has 0 aliphatic heterocycles. The van der Waals surface area contributed by atoms with Crippen LogP contribution in [0.1, 0.15) is 27.8 Å². The summed E-state index contributed by atoms with van der Waals surface area (Å²) in [5, 5.41) is 3.51. The third kappa shape index (κ3) is 4.67. The van der Waals surface area contributed by atoms with E-state index < -0.39 is 0 Å². The van der Waals surface area contributed by atoms with Crippen LogP contribution in [0.4, 0.5) is 5.69 Å². The van der Waals surface area contributed by atoms with Gasteiger partial charge in [-0.2, -0.15) is 0 Å². The second kappa shape index (κ2) is 8.41. The molecule has 0 unspecified atom stereocenters. The minimum absolute atomic E-state index is 0.574. The summed E-state index contributed by atoms with van der Waals surface area (Å²) < 4.78 is 7.18. The van der Waals surface area contributed by atoms with E-state index in [9.17, 15) is 0 Å². The number of halogens is 1. The van der Waals surface area contributed by atoms with Crippen molar-refractivity contribution in [2.75, 3.05) is 5.32 Å². The highest BCUT2D eigenvalue weighted by atomic mass is 79.9. The van der Waals surface area contributed by atoms with E-state index in [2.05, 4.69) is 90.5 Å². The van der Waals surface area contributed by atoms with Gasteiger partial charge in [-0.05, 0) is 73.4 Å². The van der Waals surface area contributed by atoms with Crippen LogP contribution in [0.25, 0.3) is 0 Å². The summed E-state index contributed by atoms with van der Waals surface area (Å²) in [4.78, 5) is 0. The average Bonchev–Trinajstić information content (AvgIpc) is 2.63. The molecule has 134 valence electrons. The van der Waals surface area contributed by atoms with Gasteiger partial charge in [0.25, 0.3) is 0 Å². The molecule has 0 radical (unpaired) electrons. The zero-order valence-electron chi connectivity index (χ0n) is 15.5. The van der Waals surface area contributed by atoms with E-state index in [1.54, 1.807) is 0 Å². The molecule has 3 aromatic carbocycles. The second-order valence-electron chi connectivity index (χ2n) is 6.62. The lowest BCUT2D eigenvalue weighted by atomic mass is 10.1. The van der Waals surface area contributed by atoms with Gasteiger partial charge in [0.2, 0.25) is 0 Å². The molecule has 26 heavy (non-hydrogen) atoms. The molecule has 0 saturated carbocycles. The van der Waals surface area contributed by atoms with Crippen molar-refractivity contribution in [3.63, 3.8) is 0 Å². The number of ether oxygens (including phenoxy) is 1. The van der Waals surface area contributed by atoms with E-state index in [1.807, 2.05) is 12.1 Å². The first-order chi connectivity index (χ1) is 12.5. The van der Waals surface area contributed by atoms with Crippen molar-refractivity contribution < 1.29 is 4.74 Å². The van der Waals surface area contributed by atoms with Crippen LogP contribution < -0.4 is 10.1 Å². The highest BCUT2D eigenvalue weighted by Crippen LogP contribution is 2.26. The summed E-state index contributed by atoms with van der Waals surface area (Å²) in [7, 11) is 0. The fourth-order valence-electron chi connectivity index (χ4n) is 2.80. The minimum atomic E-state index is 0.574. The van der Waals surface area contributed by atoms with E-state index in [-0.39, 0.29) is 0 Å². The second-order valence-corrected chi connectivity index (χ2v) is 7.54. The van der Waals surface area contributed by atoms with E-state index in [1.165, 1.54) is 22.3 Å². The summed E-state index contributed by atoms with van der Waals surface area (Å²) in [5.41, 5.74) is 7.31. The third-order valence-corrected chi connectivity index (χ3v) is 5.15. The zero-order chi connectivity index (χ0) is 18.5. The predicted octanol–water partition coefficient (Wildman–Crippen LogP) is 6.57. The summed E-state index contributed by atoms with van der Waals surface area (Å²) >= 11 is 3.57. The van der Waals surface area contributed by atoms with Gasteiger partial charge in [0.1, 0.15) is 12.4 Å². The molecule has 0 aliphatic carbocycles. The molecule has 0 fully saturated rings. The third-order valence-electron chi connectivity index (χ3n) is 4.66. The zero-order valence-corrected chi connectivity index (χ0v) is 17.1. The Balaban J connectivity index is 1.73. The topological polar surface area (TPSA) is 21.3 Å². The lowest BCUT2D eigenvalue weighted by Crippen LogP contribution is -2.05. The highest BCUT2D eigenvalue weighted by molar-refractivity contribution is 9.10. The van der Waals surface area contributed by atoms with Gasteiger partial charge in [0.05, 0.1) is 0 Å². The normalized spacial score (nSPS) is 10.6. The molecule has 3 rings (SSSR count). The number of hydrogen-bond acceptors (Lipinski definition) is 2. The first kappa shape index (κ1) is 18.5. The van der Waals surface area contributed by atoms with Crippen molar-refractivity contribution in [2.45, 2.75) is 33.9 Å². The quantitative estimate of drug-likeness (QED) is 0.497. The molecule has 0 bridgehead atoms. The molecule has 0 aromatic heterocycles. The van der Waals surface area contributed by atoms with Crippen LogP contribution in [0.2, 0.25) is 0 Å². The van der Waals surface area contributed by atoms with Crippen LogP contribution in [0.15, 0.2) is 65.1 Å². The predicted molar refractivity (Wildman–Crippen MR) is 113 cm³/mol. The summed E-state index contributed by atoms with van der Waals surface area (Å²) in [6.45, 7) is 7.67. The summed E-state index contributed by atoms with van der Waals surface area (Å²) in [6, 6.07) is 20.9. The van der Waals surface area contributed by atoms with Crippen LogP contribution in [-0.2, 0) is 13.2 Å². The largest absolute Gasteiger partial charge is 0.489 e. The van der Waals surface area contributed by atoms with Crippen LogP contribution in [-0.4, -0.2) is 0 Å². The molecule has 2 nitrogen and oxygen atoms in total. The SMILES string of the molecule is Cc1ccc(NCc2cc(Br)ccc2OCc2ccccc2C)cc1C. The molecule has 0 amide bonds. The first-order valence-electron chi connectivity index (χ1n) is 8.80. The van der Waals surface area contributed by atoms with Gasteiger partial charge in [0, 0.05) is 22.3 Å². The molecule has 3 aromatic rings. The number of aryl methyl sites for hydroxylation is 3. The number of rotatable bonds is 6. The Morgan fingerprint density at radius 3 is 2.38 bits per heavy atom. The molecule has 0 saturated heterocycles. The molecular weight excluding hydrogens is 386 g/mol. The van der Waals surface area contributed by atoms with Gasteiger partial charge < -0.3 is 10.1 Å². The van der Waals surface area contributed by atoms with Gasteiger partial charge in [-0.1, -0.05) is 46.3 Å². The maximum atomic E-state index is 6.13. The van der Waals surface area contributed by atoms with Crippen molar-refractivity contribution >= 4 is 21.6 Å². The number of benzene rings is 3. The van der Waals surface area contributed by atoms with Crippen molar-refractivity contribution in [2.24, 2.45) is 0 Å². The summed E-state index contributed by atoms with van der Waals surface area (Å²) in [5.74, 6) is 0.910. The molecule has 0 spiro atoms. The Kier molecular flexibility index (Phi) is 6.00. The fraction of sp³-hybridized carbons (Fsp3) is 0.217. The van der Waals surface area contributed by atoms with E-state index in [4.69, 9.17) is 4.74 Å². The van der Waals surface area contributed by atoms with Crippen molar-refractivity contribution in [3.05, 3.63) is 93.0 Å².